The minimum absolute atomic E-state index is 0.00404. The topological polar surface area (TPSA) is 118 Å². The van der Waals surface area contributed by atoms with E-state index in [9.17, 15) is 20.2 Å². The van der Waals surface area contributed by atoms with E-state index in [0.29, 0.717) is 28.9 Å². The molecule has 1 amide bonds. The zero-order valence-electron chi connectivity index (χ0n) is 19.5. The van der Waals surface area contributed by atoms with Crippen molar-refractivity contribution < 1.29 is 9.72 Å². The number of rotatable bonds is 8. The summed E-state index contributed by atoms with van der Waals surface area (Å²) in [5, 5.41) is 28.8. The first kappa shape index (κ1) is 24.0. The largest absolute Gasteiger partial charge is 0.315 e. The van der Waals surface area contributed by atoms with E-state index in [1.165, 1.54) is 12.1 Å². The summed E-state index contributed by atoms with van der Waals surface area (Å²) in [4.78, 5) is 24.5. The van der Waals surface area contributed by atoms with E-state index in [2.05, 4.69) is 16.4 Å². The van der Waals surface area contributed by atoms with Crippen LogP contribution in [0, 0.1) is 21.4 Å². The van der Waals surface area contributed by atoms with Gasteiger partial charge in [0.15, 0.2) is 0 Å². The lowest BCUT2D eigenvalue weighted by Crippen LogP contribution is -2.27. The molecule has 0 aliphatic carbocycles. The number of nitro benzene ring substituents is 1. The second kappa shape index (κ2) is 10.9. The molecule has 4 rings (SSSR count). The van der Waals surface area contributed by atoms with Gasteiger partial charge in [0, 0.05) is 36.9 Å². The van der Waals surface area contributed by atoms with E-state index in [1.807, 2.05) is 54.6 Å². The number of nitriles is 1. The van der Waals surface area contributed by atoms with Crippen molar-refractivity contribution in [3.05, 3.63) is 106 Å². The number of benzene rings is 3. The lowest BCUT2D eigenvalue weighted by Gasteiger charge is -2.16. The fourth-order valence-corrected chi connectivity index (χ4v) is 3.57. The highest BCUT2D eigenvalue weighted by Crippen LogP contribution is 2.23. The molecule has 1 heterocycles. The Morgan fingerprint density at radius 1 is 1.08 bits per heavy atom. The number of amides is 1. The molecule has 9 heteroatoms. The molecule has 4 aromatic rings. The third kappa shape index (κ3) is 5.69. The Morgan fingerprint density at radius 2 is 1.78 bits per heavy atom. The normalized spacial score (nSPS) is 11.1. The van der Waals surface area contributed by atoms with Gasteiger partial charge in [0.1, 0.15) is 5.69 Å². The summed E-state index contributed by atoms with van der Waals surface area (Å²) in [5.41, 5.74) is 4.14. The molecule has 0 saturated heterocycles. The molecule has 0 radical (unpaired) electrons. The van der Waals surface area contributed by atoms with E-state index in [0.717, 1.165) is 11.3 Å². The Hall–Kier alpha value is -5.10. The van der Waals surface area contributed by atoms with Crippen LogP contribution in [0.2, 0.25) is 0 Å². The van der Waals surface area contributed by atoms with E-state index < -0.39 is 4.92 Å². The van der Waals surface area contributed by atoms with Gasteiger partial charge < -0.3 is 4.90 Å². The number of allylic oxidation sites excluding steroid dienone is 1. The zero-order valence-corrected chi connectivity index (χ0v) is 19.5. The summed E-state index contributed by atoms with van der Waals surface area (Å²) in [5.74, 6) is -0.0218. The van der Waals surface area contributed by atoms with Crippen LogP contribution in [0.3, 0.4) is 0 Å². The predicted octanol–water partition coefficient (Wildman–Crippen LogP) is 4.97. The fraction of sp³-hybridized carbons (Fsp3) is 0.111. The van der Waals surface area contributed by atoms with Crippen molar-refractivity contribution >= 4 is 28.9 Å². The zero-order chi connectivity index (χ0) is 25.5. The second-order valence-electron chi connectivity index (χ2n) is 8.00. The maximum atomic E-state index is 12.5. The molecule has 1 aromatic heterocycles. The van der Waals surface area contributed by atoms with Gasteiger partial charge in [-0.05, 0) is 41.5 Å². The number of aromatic nitrogens is 3. The number of aryl methyl sites for hydroxylation is 1. The van der Waals surface area contributed by atoms with Gasteiger partial charge in [-0.25, -0.2) is 0 Å². The molecule has 0 bridgehead atoms. The molecule has 0 aliphatic heterocycles. The molecule has 0 fully saturated rings. The van der Waals surface area contributed by atoms with Crippen LogP contribution >= 0.6 is 0 Å². The van der Waals surface area contributed by atoms with Crippen LogP contribution in [0.5, 0.6) is 0 Å². The first-order valence-electron chi connectivity index (χ1n) is 11.1. The lowest BCUT2D eigenvalue weighted by atomic mass is 10.0. The Morgan fingerprint density at radius 3 is 2.42 bits per heavy atom. The number of para-hydroxylation sites is 1. The molecule has 3 aromatic carbocycles. The number of nitro groups is 1. The maximum Gasteiger partial charge on any atom is 0.269 e. The number of carbonyl (C=O) groups is 1. The van der Waals surface area contributed by atoms with Gasteiger partial charge in [-0.1, -0.05) is 47.7 Å². The minimum Gasteiger partial charge on any atom is -0.315 e. The van der Waals surface area contributed by atoms with Crippen molar-refractivity contribution in [1.29, 1.82) is 5.26 Å². The van der Waals surface area contributed by atoms with Crippen molar-refractivity contribution in [2.24, 2.45) is 0 Å². The van der Waals surface area contributed by atoms with Crippen LogP contribution in [0.15, 0.2) is 85.1 Å². The Balaban J connectivity index is 1.41. The van der Waals surface area contributed by atoms with E-state index in [4.69, 9.17) is 0 Å². The van der Waals surface area contributed by atoms with E-state index in [-0.39, 0.29) is 18.0 Å². The first-order chi connectivity index (χ1) is 17.4. The summed E-state index contributed by atoms with van der Waals surface area (Å²) in [6.07, 6.45) is 3.74. The quantitative estimate of drug-likeness (QED) is 0.153. The van der Waals surface area contributed by atoms with Crippen LogP contribution in [0.1, 0.15) is 17.5 Å². The molecular weight excluding hydrogens is 456 g/mol. The van der Waals surface area contributed by atoms with E-state index in [1.54, 1.807) is 41.0 Å². The highest BCUT2D eigenvalue weighted by molar-refractivity contribution is 5.92. The van der Waals surface area contributed by atoms with Gasteiger partial charge in [-0.3, -0.25) is 19.6 Å². The highest BCUT2D eigenvalue weighted by atomic mass is 16.6. The molecule has 0 spiro atoms. The van der Waals surface area contributed by atoms with Gasteiger partial charge in [0.2, 0.25) is 5.91 Å². The third-order valence-electron chi connectivity index (χ3n) is 5.64. The second-order valence-corrected chi connectivity index (χ2v) is 8.00. The Labute approximate surface area is 207 Å². The third-order valence-corrected chi connectivity index (χ3v) is 5.64. The fourth-order valence-electron chi connectivity index (χ4n) is 3.57. The maximum absolute atomic E-state index is 12.5. The van der Waals surface area contributed by atoms with Crippen molar-refractivity contribution in [3.63, 3.8) is 0 Å². The lowest BCUT2D eigenvalue weighted by molar-refractivity contribution is -0.384. The molecule has 0 unspecified atom stereocenters. The van der Waals surface area contributed by atoms with Crippen LogP contribution in [0.4, 0.5) is 11.4 Å². The molecule has 0 saturated carbocycles. The molecular formula is C27H22N6O3. The number of nitrogens with zero attached hydrogens (tertiary/aromatic N) is 6. The van der Waals surface area contributed by atoms with Crippen molar-refractivity contribution in [3.8, 4) is 17.3 Å². The summed E-state index contributed by atoms with van der Waals surface area (Å²) in [6.45, 7) is 0.400. The molecule has 178 valence electrons. The van der Waals surface area contributed by atoms with Crippen LogP contribution < -0.4 is 4.90 Å². The van der Waals surface area contributed by atoms with Gasteiger partial charge in [0.25, 0.3) is 5.69 Å². The van der Waals surface area contributed by atoms with Crippen LogP contribution in [-0.4, -0.2) is 32.9 Å². The number of non-ortho nitro benzene ring substituents is 1. The number of carbonyl (C=O) groups excluding carboxylic acids is 1. The van der Waals surface area contributed by atoms with Crippen molar-refractivity contribution in [2.45, 2.75) is 13.0 Å². The number of anilines is 1. The molecule has 0 atom stereocenters. The Bertz CT molecular complexity index is 1440. The summed E-state index contributed by atoms with van der Waals surface area (Å²) in [6, 6.07) is 24.9. The molecule has 36 heavy (non-hydrogen) atoms. The average Bonchev–Trinajstić information content (AvgIpc) is 3.40. The van der Waals surface area contributed by atoms with Crippen LogP contribution in [-0.2, 0) is 11.3 Å². The van der Waals surface area contributed by atoms with Gasteiger partial charge in [-0.2, -0.15) is 5.26 Å². The summed E-state index contributed by atoms with van der Waals surface area (Å²) >= 11 is 0. The highest BCUT2D eigenvalue weighted by Gasteiger charge is 2.12. The number of hydrogen-bond acceptors (Lipinski definition) is 6. The average molecular weight is 479 g/mol. The van der Waals surface area contributed by atoms with Crippen molar-refractivity contribution in [2.75, 3.05) is 11.9 Å². The predicted molar refractivity (Wildman–Crippen MR) is 137 cm³/mol. The van der Waals surface area contributed by atoms with Crippen molar-refractivity contribution in [1.82, 2.24) is 15.0 Å². The molecule has 9 nitrogen and oxygen atoms in total. The van der Waals surface area contributed by atoms with E-state index >= 15 is 0 Å². The first-order valence-corrected chi connectivity index (χ1v) is 11.1. The molecule has 0 N–H and O–H groups in total. The summed E-state index contributed by atoms with van der Waals surface area (Å²) < 4.78 is 1.63. The number of hydrogen-bond donors (Lipinski definition) is 0. The monoisotopic (exact) mass is 478 g/mol. The standard InChI is InChI=1S/C27H22N6O3/c1-31(24-5-3-2-4-6-24)27(34)15-16-32-19-26(29-30-32)22-11-9-21(10-12-22)23(18-28)17-20-7-13-25(14-8-20)33(35)36/h2-14,17,19H,15-16H2,1H3/b23-17+. The van der Waals surface area contributed by atoms with Gasteiger partial charge in [0.05, 0.1) is 29.3 Å². The minimum atomic E-state index is -0.464. The SMILES string of the molecule is CN(C(=O)CCn1cc(-c2ccc(/C(C#N)=C/c3ccc([N+](=O)[O-])cc3)cc2)nn1)c1ccccc1. The Kier molecular flexibility index (Phi) is 7.27. The smallest absolute Gasteiger partial charge is 0.269 e. The van der Waals surface area contributed by atoms with Crippen LogP contribution in [0.25, 0.3) is 22.9 Å². The van der Waals surface area contributed by atoms with Gasteiger partial charge >= 0.3 is 0 Å². The summed E-state index contributed by atoms with van der Waals surface area (Å²) in [7, 11) is 1.75. The van der Waals surface area contributed by atoms with Gasteiger partial charge in [-0.15, -0.1) is 5.10 Å². The molecule has 0 aliphatic rings.